The van der Waals surface area contributed by atoms with E-state index in [-0.39, 0.29) is 30.5 Å². The number of ether oxygens (including phenoxy) is 1. The van der Waals surface area contributed by atoms with Gasteiger partial charge >= 0.3 is 0 Å². The van der Waals surface area contributed by atoms with E-state index in [9.17, 15) is 19.5 Å². The molecule has 2 saturated heterocycles. The molecule has 49 heavy (non-hydrogen) atoms. The van der Waals surface area contributed by atoms with Crippen molar-refractivity contribution in [2.24, 2.45) is 23.7 Å². The van der Waals surface area contributed by atoms with E-state index < -0.39 is 46.8 Å². The van der Waals surface area contributed by atoms with Gasteiger partial charge in [-0.2, -0.15) is 5.01 Å². The van der Waals surface area contributed by atoms with E-state index in [0.717, 1.165) is 21.0 Å². The number of carbonyl (C=O) groups is 4. The third-order valence-electron chi connectivity index (χ3n) is 10.9. The van der Waals surface area contributed by atoms with Crippen LogP contribution in [0.3, 0.4) is 0 Å². The van der Waals surface area contributed by atoms with Crippen LogP contribution in [0.1, 0.15) is 40.3 Å². The Morgan fingerprint density at radius 3 is 2.39 bits per heavy atom. The molecular weight excluding hydrogens is 639 g/mol. The molecule has 4 aliphatic rings. The number of phenolic OH excluding ortho intramolecular Hbond substituents is 1. The molecule has 9 nitrogen and oxygen atoms in total. The molecular formula is C39H35N3O6S. The molecule has 6 unspecified atom stereocenters. The van der Waals surface area contributed by atoms with Gasteiger partial charge < -0.3 is 9.84 Å². The average molecular weight is 674 g/mol. The summed E-state index contributed by atoms with van der Waals surface area (Å²) in [6.07, 6.45) is 2.50. The predicted molar refractivity (Wildman–Crippen MR) is 183 cm³/mol. The summed E-state index contributed by atoms with van der Waals surface area (Å²) in [6.45, 7) is 2.16. The average Bonchev–Trinajstić information content (AvgIpc) is 3.78. The fourth-order valence-corrected chi connectivity index (χ4v) is 9.46. The second-order valence-electron chi connectivity index (χ2n) is 13.4. The number of imide groups is 2. The highest BCUT2D eigenvalue weighted by molar-refractivity contribution is 7.09. The van der Waals surface area contributed by atoms with Gasteiger partial charge in [0.25, 0.3) is 11.8 Å². The maximum atomic E-state index is 15.2. The summed E-state index contributed by atoms with van der Waals surface area (Å²) < 4.78 is 5.41. The Balaban J connectivity index is 1.31. The summed E-state index contributed by atoms with van der Waals surface area (Å²) in [5.41, 5.74) is 5.14. The van der Waals surface area contributed by atoms with E-state index in [1.807, 2.05) is 85.1 Å². The van der Waals surface area contributed by atoms with Crippen molar-refractivity contribution >= 4 is 40.7 Å². The van der Waals surface area contributed by atoms with Gasteiger partial charge in [0.2, 0.25) is 11.8 Å². The van der Waals surface area contributed by atoms with Crippen LogP contribution in [-0.4, -0.2) is 45.8 Å². The molecule has 4 amide bonds. The number of hydrogen-bond donors (Lipinski definition) is 2. The number of phenols is 1. The number of benzene rings is 3. The first-order chi connectivity index (χ1) is 23.7. The summed E-state index contributed by atoms with van der Waals surface area (Å²) >= 11 is 1.49. The third kappa shape index (κ3) is 4.64. The van der Waals surface area contributed by atoms with Crippen molar-refractivity contribution in [1.29, 1.82) is 0 Å². The summed E-state index contributed by atoms with van der Waals surface area (Å²) in [4.78, 5) is 60.3. The first-order valence-corrected chi connectivity index (χ1v) is 17.3. The number of amides is 4. The summed E-state index contributed by atoms with van der Waals surface area (Å²) in [7, 11) is 1.51. The smallest absolute Gasteiger partial charge is 0.260 e. The lowest BCUT2D eigenvalue weighted by Gasteiger charge is -2.50. The molecule has 10 heteroatoms. The van der Waals surface area contributed by atoms with E-state index in [2.05, 4.69) is 5.43 Å². The number of nitrogens with one attached hydrogen (secondary N) is 1. The molecule has 3 aromatic carbocycles. The molecule has 2 aliphatic carbocycles. The molecule has 6 atom stereocenters. The molecule has 248 valence electrons. The van der Waals surface area contributed by atoms with Gasteiger partial charge in [0.1, 0.15) is 11.5 Å². The first kappa shape index (κ1) is 31.1. The van der Waals surface area contributed by atoms with Crippen molar-refractivity contribution in [2.45, 2.75) is 37.6 Å². The number of aromatic hydroxyl groups is 1. The largest absolute Gasteiger partial charge is 0.508 e. The molecule has 0 radical (unpaired) electrons. The minimum Gasteiger partial charge on any atom is -0.508 e. The molecule has 2 N–H and O–H groups in total. The lowest BCUT2D eigenvalue weighted by molar-refractivity contribution is -0.141. The number of aryl methyl sites for hydroxylation is 1. The third-order valence-corrected chi connectivity index (χ3v) is 11.8. The van der Waals surface area contributed by atoms with E-state index in [1.165, 1.54) is 29.4 Å². The summed E-state index contributed by atoms with van der Waals surface area (Å²) in [6, 6.07) is 25.5. The molecule has 4 aromatic rings. The number of likely N-dealkylation sites (tertiary alicyclic amines) is 1. The van der Waals surface area contributed by atoms with E-state index in [4.69, 9.17) is 4.74 Å². The Bertz CT molecular complexity index is 2010. The highest BCUT2D eigenvalue weighted by atomic mass is 32.1. The molecule has 1 aromatic heterocycles. The Labute approximate surface area is 287 Å². The van der Waals surface area contributed by atoms with Gasteiger partial charge in [0, 0.05) is 22.4 Å². The minimum absolute atomic E-state index is 0.0829. The zero-order valence-corrected chi connectivity index (χ0v) is 27.9. The first-order valence-electron chi connectivity index (χ1n) is 16.5. The van der Waals surface area contributed by atoms with Crippen LogP contribution in [0, 0.1) is 30.6 Å². The van der Waals surface area contributed by atoms with Crippen molar-refractivity contribution < 1.29 is 29.0 Å². The number of hydrogen-bond acceptors (Lipinski definition) is 8. The molecule has 2 aliphatic heterocycles. The Morgan fingerprint density at radius 2 is 1.69 bits per heavy atom. The van der Waals surface area contributed by atoms with Crippen LogP contribution >= 0.6 is 11.3 Å². The number of carbonyl (C=O) groups excluding carboxylic acids is 4. The summed E-state index contributed by atoms with van der Waals surface area (Å²) in [5.74, 6) is -4.44. The maximum Gasteiger partial charge on any atom is 0.260 e. The number of anilines is 1. The second kappa shape index (κ2) is 11.7. The van der Waals surface area contributed by atoms with Gasteiger partial charge in [-0.05, 0) is 60.9 Å². The fraction of sp³-hybridized carbons (Fsp3) is 0.282. The molecule has 8 rings (SSSR count). The lowest BCUT2D eigenvalue weighted by atomic mass is 9.49. The van der Waals surface area contributed by atoms with Crippen LogP contribution in [-0.2, 0) is 31.1 Å². The van der Waals surface area contributed by atoms with Crippen molar-refractivity contribution in [3.63, 3.8) is 0 Å². The van der Waals surface area contributed by atoms with E-state index in [0.29, 0.717) is 29.0 Å². The summed E-state index contributed by atoms with van der Waals surface area (Å²) in [5, 5.41) is 14.7. The number of hydrazine groups is 1. The number of thiophene rings is 1. The van der Waals surface area contributed by atoms with Gasteiger partial charge in [0.15, 0.2) is 0 Å². The Hall–Kier alpha value is -5.22. The van der Waals surface area contributed by atoms with Crippen LogP contribution < -0.4 is 10.2 Å². The molecule has 1 saturated carbocycles. The van der Waals surface area contributed by atoms with Crippen molar-refractivity contribution in [3.8, 4) is 11.5 Å². The van der Waals surface area contributed by atoms with Gasteiger partial charge in [-0.3, -0.25) is 29.5 Å². The number of allylic oxidation sites excluding steroid dienone is 2. The van der Waals surface area contributed by atoms with Crippen LogP contribution in [0.2, 0.25) is 0 Å². The normalized spacial score (nSPS) is 27.5. The van der Waals surface area contributed by atoms with Gasteiger partial charge in [0.05, 0.1) is 42.5 Å². The van der Waals surface area contributed by atoms with Gasteiger partial charge in [-0.15, -0.1) is 11.3 Å². The van der Waals surface area contributed by atoms with Gasteiger partial charge in [-0.1, -0.05) is 71.8 Å². The lowest BCUT2D eigenvalue weighted by Crippen LogP contribution is -2.53. The molecule has 0 bridgehead atoms. The van der Waals surface area contributed by atoms with E-state index >= 15 is 4.79 Å². The fourth-order valence-electron chi connectivity index (χ4n) is 8.77. The number of nitrogens with zero attached hydrogens (tertiary/aromatic N) is 2. The van der Waals surface area contributed by atoms with Crippen molar-refractivity contribution in [3.05, 3.63) is 124 Å². The SMILES string of the molecule is COc1ccc(C2C3=CCC4C(=O)N(Cc5cccs5)C(=O)C4C3CC3C(=O)N(Nc4ccc(C)cc4)C(=O)C32c2ccccc2)c(O)c1. The zero-order valence-electron chi connectivity index (χ0n) is 27.0. The van der Waals surface area contributed by atoms with Gasteiger partial charge in [-0.25, -0.2) is 0 Å². The van der Waals surface area contributed by atoms with E-state index in [1.54, 1.807) is 12.1 Å². The van der Waals surface area contributed by atoms with Crippen LogP contribution in [0.15, 0.2) is 102 Å². The van der Waals surface area contributed by atoms with Crippen LogP contribution in [0.5, 0.6) is 11.5 Å². The highest BCUT2D eigenvalue weighted by Crippen LogP contribution is 2.65. The number of methoxy groups -OCH3 is 1. The minimum atomic E-state index is -1.46. The molecule has 3 heterocycles. The van der Waals surface area contributed by atoms with Crippen molar-refractivity contribution in [2.75, 3.05) is 12.5 Å². The maximum absolute atomic E-state index is 15.2. The molecule has 3 fully saturated rings. The second-order valence-corrected chi connectivity index (χ2v) is 14.4. The predicted octanol–water partition coefficient (Wildman–Crippen LogP) is 5.96. The van der Waals surface area contributed by atoms with Crippen molar-refractivity contribution in [1.82, 2.24) is 9.91 Å². The van der Waals surface area contributed by atoms with Crippen LogP contribution in [0.4, 0.5) is 5.69 Å². The number of rotatable bonds is 7. The number of fused-ring (bicyclic) bond motifs is 4. The monoisotopic (exact) mass is 673 g/mol. The quantitative estimate of drug-likeness (QED) is 0.184. The topological polar surface area (TPSA) is 116 Å². The zero-order chi connectivity index (χ0) is 34.0. The highest BCUT2D eigenvalue weighted by Gasteiger charge is 2.70. The standard InChI is InChI=1S/C39H35N3O6S/c1-22-10-12-24(13-11-22)40-42-36(45)31-20-30-27(16-17-29-33(30)37(46)41(35(29)44)21-26-9-6-18-49-26)34(28-15-14-25(48-2)19-32(28)43)39(31,38(42)47)23-7-4-3-5-8-23/h3-16,18-19,29-31,33-34,40,43H,17,20-21H2,1-2H3. The Kier molecular flexibility index (Phi) is 7.44. The molecule has 0 spiro atoms. The van der Waals surface area contributed by atoms with Crippen LogP contribution in [0.25, 0.3) is 0 Å². The Morgan fingerprint density at radius 1 is 0.918 bits per heavy atom.